The molecule has 0 saturated heterocycles. The molecule has 1 aliphatic carbocycles. The number of allylic oxidation sites excluding steroid dienone is 1. The van der Waals surface area contributed by atoms with E-state index in [0.717, 1.165) is 36.1 Å². The summed E-state index contributed by atoms with van der Waals surface area (Å²) >= 11 is 0. The van der Waals surface area contributed by atoms with Crippen molar-refractivity contribution in [2.75, 3.05) is 13.2 Å². The van der Waals surface area contributed by atoms with E-state index in [1.54, 1.807) is 0 Å². The van der Waals surface area contributed by atoms with Crippen molar-refractivity contribution in [1.82, 2.24) is 5.43 Å². The highest BCUT2D eigenvalue weighted by Crippen LogP contribution is 2.39. The average molecular weight is 433 g/mol. The summed E-state index contributed by atoms with van der Waals surface area (Å²) in [7, 11) is 0. The number of fused-ring (bicyclic) bond motifs is 1. The first-order chi connectivity index (χ1) is 15.5. The molecule has 166 valence electrons. The molecule has 6 nitrogen and oxygen atoms in total. The summed E-state index contributed by atoms with van der Waals surface area (Å²) in [6.45, 7) is 3.21. The molecule has 2 unspecified atom stereocenters. The molecule has 32 heavy (non-hydrogen) atoms. The quantitative estimate of drug-likeness (QED) is 0.664. The minimum atomic E-state index is 0.00367. The van der Waals surface area contributed by atoms with E-state index in [1.807, 2.05) is 48.5 Å². The summed E-state index contributed by atoms with van der Waals surface area (Å²) in [5, 5.41) is 4.70. The van der Waals surface area contributed by atoms with E-state index < -0.39 is 0 Å². The van der Waals surface area contributed by atoms with Gasteiger partial charge >= 0.3 is 0 Å². The Morgan fingerprint density at radius 1 is 0.969 bits per heavy atom. The lowest BCUT2D eigenvalue weighted by Crippen LogP contribution is -2.25. The molecule has 0 spiro atoms. The highest BCUT2D eigenvalue weighted by molar-refractivity contribution is 6.07. The third-order valence-corrected chi connectivity index (χ3v) is 5.71. The van der Waals surface area contributed by atoms with Crippen LogP contribution < -0.4 is 14.9 Å². The summed E-state index contributed by atoms with van der Waals surface area (Å²) in [6, 6.07) is 15.8. The van der Waals surface area contributed by atoms with Gasteiger partial charge in [-0.3, -0.25) is 9.59 Å². The van der Waals surface area contributed by atoms with Crippen molar-refractivity contribution >= 4 is 23.4 Å². The second-order valence-corrected chi connectivity index (χ2v) is 8.39. The number of carbonyl (C=O) groups excluding carboxylic acids is 2. The zero-order valence-electron chi connectivity index (χ0n) is 18.5. The van der Waals surface area contributed by atoms with E-state index in [-0.39, 0.29) is 30.8 Å². The monoisotopic (exact) mass is 432 g/mol. The van der Waals surface area contributed by atoms with Crippen LogP contribution in [0.1, 0.15) is 50.3 Å². The number of benzene rings is 2. The fourth-order valence-electron chi connectivity index (χ4n) is 4.18. The highest BCUT2D eigenvalue weighted by Gasteiger charge is 2.36. The maximum atomic E-state index is 11.1. The van der Waals surface area contributed by atoms with Crippen molar-refractivity contribution < 1.29 is 19.1 Å². The number of Topliss-reactive ketones (excluding diaryl/α,β-unsaturated/α-hetero) is 2. The molecule has 1 fully saturated rings. The van der Waals surface area contributed by atoms with Gasteiger partial charge in [-0.2, -0.15) is 5.10 Å². The molecule has 2 aromatic carbocycles. The number of nitrogens with one attached hydrogen (secondary N) is 1. The molecule has 1 N–H and O–H groups in total. The third-order valence-electron chi connectivity index (χ3n) is 5.71. The Labute approximate surface area is 188 Å². The SMILES string of the molecule is CC(=O)COc1ccc(/C=C2\CCCC3C2=NNC3c2ccc(OCC(C)=O)cc2)cc1. The van der Waals surface area contributed by atoms with Crippen molar-refractivity contribution in [1.29, 1.82) is 0 Å². The molecular weight excluding hydrogens is 404 g/mol. The largest absolute Gasteiger partial charge is 0.486 e. The van der Waals surface area contributed by atoms with Crippen LogP contribution in [0.25, 0.3) is 6.08 Å². The van der Waals surface area contributed by atoms with E-state index in [4.69, 9.17) is 14.6 Å². The normalized spacial score (nSPS) is 20.8. The zero-order chi connectivity index (χ0) is 22.5. The first-order valence-electron chi connectivity index (χ1n) is 11.0. The topological polar surface area (TPSA) is 77.0 Å². The van der Waals surface area contributed by atoms with Crippen LogP contribution in [0.3, 0.4) is 0 Å². The van der Waals surface area contributed by atoms with Gasteiger partial charge in [0.05, 0.1) is 11.8 Å². The van der Waals surface area contributed by atoms with Crippen molar-refractivity contribution in [2.24, 2.45) is 11.0 Å². The van der Waals surface area contributed by atoms with Gasteiger partial charge in [0, 0.05) is 5.92 Å². The van der Waals surface area contributed by atoms with Gasteiger partial charge in [-0.05, 0) is 80.2 Å². The van der Waals surface area contributed by atoms with Crippen LogP contribution in [0.4, 0.5) is 0 Å². The number of nitrogens with zero attached hydrogens (tertiary/aromatic N) is 1. The van der Waals surface area contributed by atoms with Crippen molar-refractivity contribution in [3.63, 3.8) is 0 Å². The van der Waals surface area contributed by atoms with E-state index in [9.17, 15) is 9.59 Å². The fraction of sp³-hybridized carbons (Fsp3) is 0.346. The Bertz CT molecular complexity index is 1040. The number of hydrogen-bond donors (Lipinski definition) is 1. The van der Waals surface area contributed by atoms with Gasteiger partial charge in [-0.15, -0.1) is 0 Å². The minimum Gasteiger partial charge on any atom is -0.486 e. The summed E-state index contributed by atoms with van der Waals surface area (Å²) in [5.74, 6) is 1.73. The summed E-state index contributed by atoms with van der Waals surface area (Å²) in [5.41, 5.74) is 7.99. The first-order valence-corrected chi connectivity index (χ1v) is 11.0. The van der Waals surface area contributed by atoms with Gasteiger partial charge in [0.1, 0.15) is 24.7 Å². The van der Waals surface area contributed by atoms with Crippen LogP contribution in [-0.2, 0) is 9.59 Å². The number of hydrazone groups is 1. The summed E-state index contributed by atoms with van der Waals surface area (Å²) in [6.07, 6.45) is 5.41. The predicted octanol–water partition coefficient (Wildman–Crippen LogP) is 4.51. The van der Waals surface area contributed by atoms with E-state index in [1.165, 1.54) is 19.4 Å². The maximum Gasteiger partial charge on any atom is 0.167 e. The lowest BCUT2D eigenvalue weighted by molar-refractivity contribution is -0.119. The smallest absolute Gasteiger partial charge is 0.167 e. The molecule has 2 aromatic rings. The second-order valence-electron chi connectivity index (χ2n) is 8.39. The molecule has 1 heterocycles. The highest BCUT2D eigenvalue weighted by atomic mass is 16.5. The summed E-state index contributed by atoms with van der Waals surface area (Å²) < 4.78 is 10.9. The Morgan fingerprint density at radius 2 is 1.56 bits per heavy atom. The van der Waals surface area contributed by atoms with Crippen LogP contribution in [0, 0.1) is 5.92 Å². The molecule has 1 saturated carbocycles. The molecule has 0 aromatic heterocycles. The van der Waals surface area contributed by atoms with Crippen LogP contribution >= 0.6 is 0 Å². The summed E-state index contributed by atoms with van der Waals surface area (Å²) in [4.78, 5) is 22.2. The van der Waals surface area contributed by atoms with Crippen LogP contribution in [0.5, 0.6) is 11.5 Å². The number of hydrogen-bond acceptors (Lipinski definition) is 6. The van der Waals surface area contributed by atoms with E-state index in [0.29, 0.717) is 17.4 Å². The maximum absolute atomic E-state index is 11.1. The molecule has 2 atom stereocenters. The van der Waals surface area contributed by atoms with Gasteiger partial charge in [0.25, 0.3) is 0 Å². The van der Waals surface area contributed by atoms with E-state index in [2.05, 4.69) is 11.5 Å². The number of ketones is 2. The lowest BCUT2D eigenvalue weighted by atomic mass is 9.78. The van der Waals surface area contributed by atoms with Crippen molar-refractivity contribution in [2.45, 2.75) is 39.2 Å². The Hall–Kier alpha value is -3.41. The van der Waals surface area contributed by atoms with E-state index >= 15 is 0 Å². The predicted molar refractivity (Wildman–Crippen MR) is 124 cm³/mol. The Morgan fingerprint density at radius 3 is 2.16 bits per heavy atom. The molecule has 6 heteroatoms. The first kappa shape index (κ1) is 21.8. The van der Waals surface area contributed by atoms with Gasteiger partial charge in [-0.25, -0.2) is 0 Å². The molecule has 0 bridgehead atoms. The lowest BCUT2D eigenvalue weighted by Gasteiger charge is -2.26. The molecule has 2 aliphatic rings. The van der Waals surface area contributed by atoms with Crippen LogP contribution in [0.15, 0.2) is 59.2 Å². The number of rotatable bonds is 8. The molecule has 4 rings (SSSR count). The average Bonchev–Trinajstić information content (AvgIpc) is 3.23. The van der Waals surface area contributed by atoms with Crippen LogP contribution in [0.2, 0.25) is 0 Å². The number of carbonyl (C=O) groups is 2. The molecule has 0 amide bonds. The standard InChI is InChI=1S/C26H28N2O4/c1-17(29)15-31-22-10-6-19(7-11-22)14-21-4-3-5-24-25(27-28-26(21)24)20-8-12-23(13-9-20)32-16-18(2)30/h6-14,24-25,27H,3-5,15-16H2,1-2H3/b21-14+. The van der Waals surface area contributed by atoms with Crippen molar-refractivity contribution in [3.05, 3.63) is 65.2 Å². The third kappa shape index (κ3) is 5.25. The number of ether oxygens (including phenoxy) is 2. The van der Waals surface area contributed by atoms with Gasteiger partial charge < -0.3 is 14.9 Å². The minimum absolute atomic E-state index is 0.00367. The van der Waals surface area contributed by atoms with Crippen molar-refractivity contribution in [3.8, 4) is 11.5 Å². The van der Waals surface area contributed by atoms with Gasteiger partial charge in [0.2, 0.25) is 0 Å². The van der Waals surface area contributed by atoms with Gasteiger partial charge in [0.15, 0.2) is 11.6 Å². The Balaban J connectivity index is 1.44. The molecule has 0 radical (unpaired) electrons. The molecule has 1 aliphatic heterocycles. The Kier molecular flexibility index (Phi) is 6.69. The zero-order valence-corrected chi connectivity index (χ0v) is 18.5. The fourth-order valence-corrected chi connectivity index (χ4v) is 4.18. The molecular formula is C26H28N2O4. The second kappa shape index (κ2) is 9.81. The van der Waals surface area contributed by atoms with Crippen LogP contribution in [-0.4, -0.2) is 30.5 Å². The van der Waals surface area contributed by atoms with Gasteiger partial charge in [-0.1, -0.05) is 24.3 Å².